The number of aryl methyl sites for hydroxylation is 2. The monoisotopic (exact) mass is 369 g/mol. The highest BCUT2D eigenvalue weighted by Crippen LogP contribution is 2.31. The quantitative estimate of drug-likeness (QED) is 0.669. The van der Waals surface area contributed by atoms with E-state index in [0.717, 1.165) is 35.6 Å². The van der Waals surface area contributed by atoms with Gasteiger partial charge in [-0.2, -0.15) is 4.68 Å². The maximum Gasteiger partial charge on any atom is 0.181 e. The first-order chi connectivity index (χ1) is 12.5. The second kappa shape index (κ2) is 7.46. The molecule has 0 bridgehead atoms. The third-order valence-electron chi connectivity index (χ3n) is 4.85. The number of anilines is 1. The predicted molar refractivity (Wildman–Crippen MR) is 106 cm³/mol. The summed E-state index contributed by atoms with van der Waals surface area (Å²) in [5.41, 5.74) is 4.00. The van der Waals surface area contributed by atoms with Crippen molar-refractivity contribution in [1.82, 2.24) is 20.2 Å². The molecule has 1 N–H and O–H groups in total. The molecule has 3 rings (SSSR count). The maximum atomic E-state index is 6.01. The molecular formula is C20H24ClN5. The standard InChI is InChI=1S/C20H24ClN5/c1-5-15-9-7-8-14(3)18(15)26-19(23-24-25-26)20(4,6-2)22-17-12-10-16(21)11-13-17/h7-13,22H,5-6H2,1-4H3. The van der Waals surface area contributed by atoms with Crippen LogP contribution in [0.15, 0.2) is 42.5 Å². The lowest BCUT2D eigenvalue weighted by Gasteiger charge is -2.30. The van der Waals surface area contributed by atoms with Crippen LogP contribution in [0.5, 0.6) is 0 Å². The summed E-state index contributed by atoms with van der Waals surface area (Å²) in [5.74, 6) is 0.791. The smallest absolute Gasteiger partial charge is 0.181 e. The normalized spacial score (nSPS) is 13.4. The van der Waals surface area contributed by atoms with E-state index in [1.54, 1.807) is 0 Å². The average molecular weight is 370 g/mol. The number of tetrazole rings is 1. The van der Waals surface area contributed by atoms with E-state index in [4.69, 9.17) is 11.6 Å². The van der Waals surface area contributed by atoms with Crippen LogP contribution in [0.2, 0.25) is 5.02 Å². The zero-order valence-corrected chi connectivity index (χ0v) is 16.4. The average Bonchev–Trinajstić information content (AvgIpc) is 3.13. The highest BCUT2D eigenvalue weighted by atomic mass is 35.5. The van der Waals surface area contributed by atoms with E-state index in [1.807, 2.05) is 28.9 Å². The van der Waals surface area contributed by atoms with Crippen molar-refractivity contribution in [3.05, 3.63) is 64.4 Å². The minimum Gasteiger partial charge on any atom is -0.373 e. The Hall–Kier alpha value is -2.40. The second-order valence-electron chi connectivity index (χ2n) is 6.67. The zero-order valence-electron chi connectivity index (χ0n) is 15.6. The maximum absolute atomic E-state index is 6.01. The first kappa shape index (κ1) is 18.4. The number of hydrogen-bond acceptors (Lipinski definition) is 4. The number of nitrogens with one attached hydrogen (secondary N) is 1. The number of halogens is 1. The van der Waals surface area contributed by atoms with E-state index in [9.17, 15) is 0 Å². The van der Waals surface area contributed by atoms with Crippen molar-refractivity contribution >= 4 is 17.3 Å². The van der Waals surface area contributed by atoms with Gasteiger partial charge >= 0.3 is 0 Å². The summed E-state index contributed by atoms with van der Waals surface area (Å²) < 4.78 is 1.88. The number of para-hydroxylation sites is 1. The number of rotatable bonds is 6. The molecule has 1 unspecified atom stereocenters. The van der Waals surface area contributed by atoms with Gasteiger partial charge in [0.1, 0.15) is 0 Å². The molecule has 26 heavy (non-hydrogen) atoms. The Morgan fingerprint density at radius 3 is 2.50 bits per heavy atom. The Kier molecular flexibility index (Phi) is 5.28. The number of aromatic nitrogens is 4. The fraction of sp³-hybridized carbons (Fsp3) is 0.350. The van der Waals surface area contributed by atoms with E-state index in [-0.39, 0.29) is 0 Å². The third-order valence-corrected chi connectivity index (χ3v) is 5.10. The Bertz CT molecular complexity index is 887. The molecule has 6 heteroatoms. The Morgan fingerprint density at radius 1 is 1.12 bits per heavy atom. The number of benzene rings is 2. The van der Waals surface area contributed by atoms with E-state index in [0.29, 0.717) is 5.02 Å². The second-order valence-corrected chi connectivity index (χ2v) is 7.10. The summed E-state index contributed by atoms with van der Waals surface area (Å²) >= 11 is 6.01. The molecule has 0 fully saturated rings. The molecule has 2 aromatic carbocycles. The molecule has 0 aliphatic rings. The highest BCUT2D eigenvalue weighted by Gasteiger charge is 2.32. The summed E-state index contributed by atoms with van der Waals surface area (Å²) in [6, 6.07) is 14.0. The number of hydrogen-bond donors (Lipinski definition) is 1. The van der Waals surface area contributed by atoms with Crippen LogP contribution in [0.1, 0.15) is 44.1 Å². The van der Waals surface area contributed by atoms with Crippen LogP contribution in [0.4, 0.5) is 5.69 Å². The van der Waals surface area contributed by atoms with Gasteiger partial charge in [0.05, 0.1) is 11.2 Å². The largest absolute Gasteiger partial charge is 0.373 e. The van der Waals surface area contributed by atoms with Crippen LogP contribution in [0, 0.1) is 6.92 Å². The van der Waals surface area contributed by atoms with Crippen LogP contribution in [0.3, 0.4) is 0 Å². The van der Waals surface area contributed by atoms with E-state index in [2.05, 4.69) is 66.7 Å². The molecule has 1 aromatic heterocycles. The molecule has 0 radical (unpaired) electrons. The molecule has 1 atom stereocenters. The van der Waals surface area contributed by atoms with Crippen molar-refractivity contribution < 1.29 is 0 Å². The lowest BCUT2D eigenvalue weighted by atomic mass is 9.96. The van der Waals surface area contributed by atoms with Gasteiger partial charge in [0.25, 0.3) is 0 Å². The van der Waals surface area contributed by atoms with Crippen molar-refractivity contribution in [2.24, 2.45) is 0 Å². The molecule has 0 saturated heterocycles. The van der Waals surface area contributed by atoms with Gasteiger partial charge in [-0.25, -0.2) is 0 Å². The van der Waals surface area contributed by atoms with Gasteiger partial charge < -0.3 is 5.32 Å². The van der Waals surface area contributed by atoms with Gasteiger partial charge in [0, 0.05) is 10.7 Å². The first-order valence-electron chi connectivity index (χ1n) is 8.90. The third kappa shape index (κ3) is 3.44. The van der Waals surface area contributed by atoms with Crippen LogP contribution in [-0.2, 0) is 12.0 Å². The molecule has 5 nitrogen and oxygen atoms in total. The summed E-state index contributed by atoms with van der Waals surface area (Å²) in [6.45, 7) is 8.48. The molecular weight excluding hydrogens is 346 g/mol. The zero-order chi connectivity index (χ0) is 18.7. The highest BCUT2D eigenvalue weighted by molar-refractivity contribution is 6.30. The minimum absolute atomic E-state index is 0.426. The van der Waals surface area contributed by atoms with Crippen molar-refractivity contribution in [3.63, 3.8) is 0 Å². The van der Waals surface area contributed by atoms with Gasteiger partial charge in [-0.3, -0.25) is 0 Å². The Balaban J connectivity index is 2.07. The minimum atomic E-state index is -0.426. The Morgan fingerprint density at radius 2 is 1.85 bits per heavy atom. The van der Waals surface area contributed by atoms with Gasteiger partial charge in [-0.1, -0.05) is 43.6 Å². The molecule has 0 aliphatic heterocycles. The molecule has 0 aliphatic carbocycles. The molecule has 3 aromatic rings. The predicted octanol–water partition coefficient (Wildman–Crippen LogP) is 4.92. The topological polar surface area (TPSA) is 55.6 Å². The fourth-order valence-corrected chi connectivity index (χ4v) is 3.27. The van der Waals surface area contributed by atoms with E-state index < -0.39 is 5.54 Å². The molecule has 0 spiro atoms. The molecule has 1 heterocycles. The van der Waals surface area contributed by atoms with Crippen molar-refractivity contribution in [2.75, 3.05) is 5.32 Å². The molecule has 0 amide bonds. The Labute approximate surface area is 159 Å². The van der Waals surface area contributed by atoms with Crippen LogP contribution in [-0.4, -0.2) is 20.2 Å². The first-order valence-corrected chi connectivity index (χ1v) is 9.27. The van der Waals surface area contributed by atoms with Crippen molar-refractivity contribution in [3.8, 4) is 5.69 Å². The summed E-state index contributed by atoms with van der Waals surface area (Å²) in [6.07, 6.45) is 1.74. The molecule has 136 valence electrons. The summed E-state index contributed by atoms with van der Waals surface area (Å²) in [7, 11) is 0. The SMILES string of the molecule is CCc1cccc(C)c1-n1nnnc1C(C)(CC)Nc1ccc(Cl)cc1. The summed E-state index contributed by atoms with van der Waals surface area (Å²) in [4.78, 5) is 0. The van der Waals surface area contributed by atoms with E-state index >= 15 is 0 Å². The van der Waals surface area contributed by atoms with Gasteiger partial charge in [0.15, 0.2) is 5.82 Å². The van der Waals surface area contributed by atoms with Crippen LogP contribution in [0.25, 0.3) is 5.69 Å². The summed E-state index contributed by atoms with van der Waals surface area (Å²) in [5, 5.41) is 17.0. The number of nitrogens with zero attached hydrogens (tertiary/aromatic N) is 4. The van der Waals surface area contributed by atoms with Gasteiger partial charge in [0.2, 0.25) is 0 Å². The van der Waals surface area contributed by atoms with Crippen molar-refractivity contribution in [2.45, 2.75) is 46.1 Å². The fourth-order valence-electron chi connectivity index (χ4n) is 3.14. The lowest BCUT2D eigenvalue weighted by molar-refractivity contribution is 0.474. The van der Waals surface area contributed by atoms with Crippen LogP contribution >= 0.6 is 11.6 Å². The van der Waals surface area contributed by atoms with E-state index in [1.165, 1.54) is 5.56 Å². The lowest BCUT2D eigenvalue weighted by Crippen LogP contribution is -2.34. The van der Waals surface area contributed by atoms with Crippen LogP contribution < -0.4 is 5.32 Å². The van der Waals surface area contributed by atoms with Gasteiger partial charge in [-0.15, -0.1) is 5.10 Å². The van der Waals surface area contributed by atoms with Gasteiger partial charge in [-0.05, 0) is 72.5 Å². The van der Waals surface area contributed by atoms with Crippen molar-refractivity contribution in [1.29, 1.82) is 0 Å². The molecule has 0 saturated carbocycles.